The fourth-order valence-electron chi connectivity index (χ4n) is 2.09. The van der Waals surface area contributed by atoms with Gasteiger partial charge in [0.2, 0.25) is 0 Å². The summed E-state index contributed by atoms with van der Waals surface area (Å²) in [5.41, 5.74) is 1.85. The molecule has 2 amide bonds. The third-order valence-electron chi connectivity index (χ3n) is 3.55. The van der Waals surface area contributed by atoms with Gasteiger partial charge < -0.3 is 15.4 Å². The minimum Gasteiger partial charge on any atom is -0.462 e. The van der Waals surface area contributed by atoms with E-state index < -0.39 is 0 Å². The molecule has 0 bridgehead atoms. The minimum absolute atomic E-state index is 0.310. The molecule has 0 atom stereocenters. The number of nitrogens with one attached hydrogen (secondary N) is 2. The zero-order chi connectivity index (χ0) is 18.9. The fraction of sp³-hybridized carbons (Fsp3) is 0.263. The number of hydrogen-bond acceptors (Lipinski definition) is 3. The Morgan fingerprint density at radius 1 is 1.04 bits per heavy atom. The molecule has 0 radical (unpaired) electrons. The Morgan fingerprint density at radius 3 is 2.42 bits per heavy atom. The molecule has 0 saturated carbocycles. The topological polar surface area (TPSA) is 67.4 Å². The fourth-order valence-corrected chi connectivity index (χ4v) is 2.41. The third kappa shape index (κ3) is 6.24. The standard InChI is InChI=1S/C19H20Cl2N2O3/c1-2-3-10-26-18(24)14-5-7-15(8-6-14)23-19(25)22-12-13-4-9-16(20)17(21)11-13/h4-9,11H,2-3,10,12H2,1H3,(H2,22,23,25). The highest BCUT2D eigenvalue weighted by Crippen LogP contribution is 2.22. The highest BCUT2D eigenvalue weighted by Gasteiger charge is 2.08. The Bertz CT molecular complexity index is 764. The van der Waals surface area contributed by atoms with Crippen molar-refractivity contribution in [3.05, 3.63) is 63.6 Å². The number of anilines is 1. The number of hydrogen-bond donors (Lipinski definition) is 2. The third-order valence-corrected chi connectivity index (χ3v) is 4.29. The van der Waals surface area contributed by atoms with Gasteiger partial charge in [0.25, 0.3) is 0 Å². The Morgan fingerprint density at radius 2 is 1.77 bits per heavy atom. The number of ether oxygens (including phenoxy) is 1. The zero-order valence-corrected chi connectivity index (χ0v) is 15.9. The number of carbonyl (C=O) groups is 2. The van der Waals surface area contributed by atoms with Crippen LogP contribution in [-0.2, 0) is 11.3 Å². The summed E-state index contributed by atoms with van der Waals surface area (Å²) in [6.45, 7) is 2.75. The molecule has 2 aromatic carbocycles. The summed E-state index contributed by atoms with van der Waals surface area (Å²) < 4.78 is 5.14. The lowest BCUT2D eigenvalue weighted by Gasteiger charge is -2.09. The molecule has 26 heavy (non-hydrogen) atoms. The molecular formula is C19H20Cl2N2O3. The normalized spacial score (nSPS) is 10.3. The van der Waals surface area contributed by atoms with E-state index >= 15 is 0 Å². The summed E-state index contributed by atoms with van der Waals surface area (Å²) in [6.07, 6.45) is 1.80. The van der Waals surface area contributed by atoms with Gasteiger partial charge in [0.05, 0.1) is 22.2 Å². The van der Waals surface area contributed by atoms with Crippen molar-refractivity contribution in [3.63, 3.8) is 0 Å². The number of urea groups is 1. The van der Waals surface area contributed by atoms with Gasteiger partial charge in [-0.1, -0.05) is 42.6 Å². The van der Waals surface area contributed by atoms with Crippen molar-refractivity contribution in [3.8, 4) is 0 Å². The predicted octanol–water partition coefficient (Wildman–Crippen LogP) is 5.27. The molecule has 0 aliphatic carbocycles. The van der Waals surface area contributed by atoms with Crippen molar-refractivity contribution in [2.45, 2.75) is 26.3 Å². The molecule has 2 N–H and O–H groups in total. The van der Waals surface area contributed by atoms with Gasteiger partial charge >= 0.3 is 12.0 Å². The molecule has 0 aliphatic rings. The van der Waals surface area contributed by atoms with Crippen LogP contribution in [0, 0.1) is 0 Å². The minimum atomic E-state index is -0.367. The summed E-state index contributed by atoms with van der Waals surface area (Å²) in [4.78, 5) is 23.8. The molecule has 0 aromatic heterocycles. The van der Waals surface area contributed by atoms with E-state index in [9.17, 15) is 9.59 Å². The average molecular weight is 395 g/mol. The number of amides is 2. The number of rotatable bonds is 7. The Hall–Kier alpha value is -2.24. The second kappa shape index (κ2) is 10.0. The number of benzene rings is 2. The first kappa shape index (κ1) is 20.1. The molecule has 0 saturated heterocycles. The van der Waals surface area contributed by atoms with Crippen LogP contribution in [0.5, 0.6) is 0 Å². The first-order chi connectivity index (χ1) is 12.5. The van der Waals surface area contributed by atoms with Gasteiger partial charge in [-0.15, -0.1) is 0 Å². The van der Waals surface area contributed by atoms with Crippen LogP contribution in [0.4, 0.5) is 10.5 Å². The molecule has 138 valence electrons. The molecule has 5 nitrogen and oxygen atoms in total. The van der Waals surface area contributed by atoms with Gasteiger partial charge in [0.15, 0.2) is 0 Å². The van der Waals surface area contributed by atoms with Crippen LogP contribution in [-0.4, -0.2) is 18.6 Å². The lowest BCUT2D eigenvalue weighted by molar-refractivity contribution is 0.0500. The van der Waals surface area contributed by atoms with Crippen LogP contribution in [0.3, 0.4) is 0 Å². The predicted molar refractivity (Wildman–Crippen MR) is 104 cm³/mol. The van der Waals surface area contributed by atoms with Crippen LogP contribution < -0.4 is 10.6 Å². The largest absolute Gasteiger partial charge is 0.462 e. The van der Waals surface area contributed by atoms with Crippen molar-refractivity contribution in [2.24, 2.45) is 0 Å². The smallest absolute Gasteiger partial charge is 0.338 e. The van der Waals surface area contributed by atoms with Crippen molar-refractivity contribution < 1.29 is 14.3 Å². The molecule has 0 fully saturated rings. The van der Waals surface area contributed by atoms with Gasteiger partial charge in [-0.2, -0.15) is 0 Å². The molecule has 0 heterocycles. The lowest BCUT2D eigenvalue weighted by atomic mass is 10.2. The highest BCUT2D eigenvalue weighted by atomic mass is 35.5. The molecule has 2 aromatic rings. The van der Waals surface area contributed by atoms with Gasteiger partial charge in [0, 0.05) is 12.2 Å². The van der Waals surface area contributed by atoms with E-state index in [2.05, 4.69) is 10.6 Å². The van der Waals surface area contributed by atoms with Crippen molar-refractivity contribution >= 4 is 40.9 Å². The number of carbonyl (C=O) groups excluding carboxylic acids is 2. The van der Waals surface area contributed by atoms with Crippen LogP contribution in [0.15, 0.2) is 42.5 Å². The lowest BCUT2D eigenvalue weighted by Crippen LogP contribution is -2.28. The Labute approximate surface area is 162 Å². The van der Waals surface area contributed by atoms with Crippen LogP contribution in [0.2, 0.25) is 10.0 Å². The summed E-state index contributed by atoms with van der Waals surface area (Å²) >= 11 is 11.8. The maximum absolute atomic E-state index is 12.0. The van der Waals surface area contributed by atoms with Gasteiger partial charge in [-0.3, -0.25) is 0 Å². The molecule has 7 heteroatoms. The van der Waals surface area contributed by atoms with Gasteiger partial charge in [-0.25, -0.2) is 9.59 Å². The molecule has 0 spiro atoms. The van der Waals surface area contributed by atoms with Crippen LogP contribution in [0.1, 0.15) is 35.7 Å². The average Bonchev–Trinajstić information content (AvgIpc) is 2.63. The van der Waals surface area contributed by atoms with Gasteiger partial charge in [-0.05, 0) is 48.4 Å². The van der Waals surface area contributed by atoms with E-state index in [0.717, 1.165) is 18.4 Å². The van der Waals surface area contributed by atoms with E-state index in [0.29, 0.717) is 34.4 Å². The van der Waals surface area contributed by atoms with E-state index in [1.54, 1.807) is 42.5 Å². The van der Waals surface area contributed by atoms with E-state index in [4.69, 9.17) is 27.9 Å². The highest BCUT2D eigenvalue weighted by molar-refractivity contribution is 6.42. The Kier molecular flexibility index (Phi) is 7.75. The summed E-state index contributed by atoms with van der Waals surface area (Å²) in [6, 6.07) is 11.3. The van der Waals surface area contributed by atoms with Gasteiger partial charge in [0.1, 0.15) is 0 Å². The number of halogens is 2. The van der Waals surface area contributed by atoms with Crippen LogP contribution >= 0.6 is 23.2 Å². The zero-order valence-electron chi connectivity index (χ0n) is 14.4. The van der Waals surface area contributed by atoms with Crippen LogP contribution in [0.25, 0.3) is 0 Å². The first-order valence-corrected chi connectivity index (χ1v) is 9.01. The maximum atomic E-state index is 12.0. The molecular weight excluding hydrogens is 375 g/mol. The first-order valence-electron chi connectivity index (χ1n) is 8.25. The molecule has 2 rings (SSSR count). The summed E-state index contributed by atoms with van der Waals surface area (Å²) in [5, 5.41) is 6.32. The van der Waals surface area contributed by atoms with Crippen molar-refractivity contribution in [1.29, 1.82) is 0 Å². The van der Waals surface area contributed by atoms with E-state index in [1.807, 2.05) is 6.92 Å². The van der Waals surface area contributed by atoms with E-state index in [-0.39, 0.29) is 12.0 Å². The SMILES string of the molecule is CCCCOC(=O)c1ccc(NC(=O)NCc2ccc(Cl)c(Cl)c2)cc1. The molecule has 0 aliphatic heterocycles. The quantitative estimate of drug-likeness (QED) is 0.496. The molecule has 0 unspecified atom stereocenters. The summed E-state index contributed by atoms with van der Waals surface area (Å²) in [5.74, 6) is -0.367. The summed E-state index contributed by atoms with van der Waals surface area (Å²) in [7, 11) is 0. The van der Waals surface area contributed by atoms with Crippen molar-refractivity contribution in [1.82, 2.24) is 5.32 Å². The van der Waals surface area contributed by atoms with Crippen molar-refractivity contribution in [2.75, 3.05) is 11.9 Å². The monoisotopic (exact) mass is 394 g/mol. The van der Waals surface area contributed by atoms with E-state index in [1.165, 1.54) is 0 Å². The Balaban J connectivity index is 1.83. The number of unbranched alkanes of at least 4 members (excludes halogenated alkanes) is 1. The second-order valence-corrected chi connectivity index (χ2v) is 6.44. The maximum Gasteiger partial charge on any atom is 0.338 e. The number of esters is 1. The second-order valence-electron chi connectivity index (χ2n) is 5.62.